The average Bonchev–Trinajstić information content (AvgIpc) is 4.16. The minimum absolute atomic E-state index is 0.00896. The van der Waals surface area contributed by atoms with Crippen LogP contribution in [0.3, 0.4) is 0 Å². The molecule has 10 rings (SSSR count). The van der Waals surface area contributed by atoms with Gasteiger partial charge in [0.1, 0.15) is 11.1 Å². The van der Waals surface area contributed by atoms with Gasteiger partial charge in [0.05, 0.1) is 12.1 Å². The number of carbonyl (C=O) groups is 2. The summed E-state index contributed by atoms with van der Waals surface area (Å²) in [6.07, 6.45) is 21.4. The van der Waals surface area contributed by atoms with Crippen LogP contribution in [0.15, 0.2) is 132 Å². The smallest absolute Gasteiger partial charge is 0.341 e. The lowest BCUT2D eigenvalue weighted by Crippen LogP contribution is -2.31. The molecule has 300 valence electrons. The number of fused-ring (bicyclic) bond motifs is 2. The van der Waals surface area contributed by atoms with E-state index in [4.69, 9.17) is 10.8 Å². The molecule has 2 unspecified atom stereocenters. The molecule has 4 aliphatic carbocycles. The van der Waals surface area contributed by atoms with E-state index in [2.05, 4.69) is 51.7 Å². The van der Waals surface area contributed by atoms with Crippen molar-refractivity contribution in [3.05, 3.63) is 187 Å². The van der Waals surface area contributed by atoms with E-state index in [0.717, 1.165) is 56.0 Å². The molecule has 4 N–H and O–H groups in total. The summed E-state index contributed by atoms with van der Waals surface area (Å²) in [5.74, 6) is 0.114. The molecule has 2 fully saturated rings. The highest BCUT2D eigenvalue weighted by Crippen LogP contribution is 2.41. The van der Waals surface area contributed by atoms with Gasteiger partial charge in [-0.2, -0.15) is 0 Å². The summed E-state index contributed by atoms with van der Waals surface area (Å²) in [6.45, 7) is 0. The molecule has 0 aliphatic heterocycles. The number of hydrogen-bond acceptors (Lipinski definition) is 7. The van der Waals surface area contributed by atoms with Gasteiger partial charge in [-0.3, -0.25) is 24.4 Å². The maximum atomic E-state index is 13.2. The first-order valence-electron chi connectivity index (χ1n) is 20.5. The Bertz CT molecular complexity index is 2580. The van der Waals surface area contributed by atoms with Crippen molar-refractivity contribution in [3.8, 4) is 0 Å². The van der Waals surface area contributed by atoms with Gasteiger partial charge < -0.3 is 25.3 Å². The number of aromatic nitrogens is 4. The molecule has 2 saturated carbocycles. The maximum Gasteiger partial charge on any atom is 0.341 e. The number of anilines is 2. The molecule has 0 bridgehead atoms. The third-order valence-electron chi connectivity index (χ3n) is 11.8. The van der Waals surface area contributed by atoms with Crippen molar-refractivity contribution in [1.29, 1.82) is 0 Å². The molecule has 2 atom stereocenters. The van der Waals surface area contributed by atoms with Gasteiger partial charge >= 0.3 is 5.97 Å². The van der Waals surface area contributed by atoms with Gasteiger partial charge in [0.15, 0.2) is 0 Å². The van der Waals surface area contributed by atoms with Crippen LogP contribution in [0.25, 0.3) is 0 Å². The third kappa shape index (κ3) is 9.09. The van der Waals surface area contributed by atoms with Crippen LogP contribution < -0.4 is 22.2 Å². The molecule has 6 aromatic rings. The summed E-state index contributed by atoms with van der Waals surface area (Å²) in [5, 5.41) is 11.9. The van der Waals surface area contributed by atoms with Crippen molar-refractivity contribution in [3.63, 3.8) is 0 Å². The zero-order valence-electron chi connectivity index (χ0n) is 32.9. The van der Waals surface area contributed by atoms with Crippen LogP contribution in [-0.2, 0) is 25.7 Å². The van der Waals surface area contributed by atoms with Gasteiger partial charge in [-0.25, -0.2) is 4.79 Å². The van der Waals surface area contributed by atoms with Crippen LogP contribution in [0.4, 0.5) is 11.4 Å². The number of carboxylic acid groups (broad SMARTS) is 1. The molecule has 11 nitrogen and oxygen atoms in total. The lowest BCUT2D eigenvalue weighted by Gasteiger charge is -2.17. The average molecular weight is 789 g/mol. The second kappa shape index (κ2) is 17.5. The number of nitrogens with zero attached hydrogens (tertiary/aromatic N) is 4. The Morgan fingerprint density at radius 3 is 1.56 bits per heavy atom. The molecule has 59 heavy (non-hydrogen) atoms. The molecular weight excluding hydrogens is 741 g/mol. The van der Waals surface area contributed by atoms with Crippen LogP contribution in [0.2, 0.25) is 0 Å². The summed E-state index contributed by atoms with van der Waals surface area (Å²) < 4.78 is 3.32. The fourth-order valence-electron chi connectivity index (χ4n) is 8.49. The van der Waals surface area contributed by atoms with Crippen LogP contribution in [0.5, 0.6) is 0 Å². The number of hydrogen-bond donors (Lipinski definition) is 3. The van der Waals surface area contributed by atoms with E-state index < -0.39 is 17.4 Å². The van der Waals surface area contributed by atoms with E-state index in [0.29, 0.717) is 5.69 Å². The number of nitrogens with two attached hydrogens (primary N) is 1. The number of amides is 1. The quantitative estimate of drug-likeness (QED) is 0.134. The van der Waals surface area contributed by atoms with Gasteiger partial charge in [0.25, 0.3) is 17.0 Å². The second-order valence-electron chi connectivity index (χ2n) is 15.9. The Labute approximate surface area is 342 Å². The van der Waals surface area contributed by atoms with Crippen molar-refractivity contribution < 1.29 is 14.7 Å². The van der Waals surface area contributed by atoms with E-state index in [1.165, 1.54) is 65.1 Å². The van der Waals surface area contributed by atoms with E-state index in [-0.39, 0.29) is 28.8 Å². The van der Waals surface area contributed by atoms with E-state index in [1.54, 1.807) is 88.8 Å². The fourth-order valence-corrected chi connectivity index (χ4v) is 8.49. The lowest BCUT2D eigenvalue weighted by molar-refractivity contribution is 0.0693. The van der Waals surface area contributed by atoms with Crippen LogP contribution in [0.1, 0.15) is 105 Å². The maximum absolute atomic E-state index is 13.2. The van der Waals surface area contributed by atoms with Gasteiger partial charge in [0.2, 0.25) is 0 Å². The van der Waals surface area contributed by atoms with Crippen LogP contribution in [0, 0.1) is 11.8 Å². The number of carboxylic acids is 1. The van der Waals surface area contributed by atoms with Crippen molar-refractivity contribution in [2.45, 2.75) is 76.3 Å². The van der Waals surface area contributed by atoms with Crippen LogP contribution in [-0.4, -0.2) is 36.1 Å². The summed E-state index contributed by atoms with van der Waals surface area (Å²) in [6, 6.07) is 26.1. The molecule has 11 heteroatoms. The molecule has 1 amide bonds. The topological polar surface area (TPSA) is 162 Å². The van der Waals surface area contributed by atoms with Crippen molar-refractivity contribution in [2.24, 2.45) is 11.8 Å². The summed E-state index contributed by atoms with van der Waals surface area (Å²) in [5.41, 5.74) is 14.1. The van der Waals surface area contributed by atoms with Crippen LogP contribution >= 0.6 is 0 Å². The number of nitrogens with one attached hydrogen (secondary N) is 1. The number of carbonyl (C=O) groups excluding carboxylic acids is 1. The third-order valence-corrected chi connectivity index (χ3v) is 11.8. The van der Waals surface area contributed by atoms with E-state index in [9.17, 15) is 19.2 Å². The van der Waals surface area contributed by atoms with Crippen molar-refractivity contribution in [1.82, 2.24) is 19.1 Å². The minimum Gasteiger partial charge on any atom is -0.477 e. The van der Waals surface area contributed by atoms with Crippen molar-refractivity contribution in [2.75, 3.05) is 11.1 Å². The van der Waals surface area contributed by atoms with Gasteiger partial charge in [-0.05, 0) is 158 Å². The fraction of sp³-hybridized carbons (Fsp3) is 0.292. The number of aromatic carboxylic acids is 1. The second-order valence-corrected chi connectivity index (χ2v) is 15.9. The van der Waals surface area contributed by atoms with E-state index in [1.807, 2.05) is 0 Å². The first-order valence-corrected chi connectivity index (χ1v) is 20.5. The van der Waals surface area contributed by atoms with Gasteiger partial charge in [-0.15, -0.1) is 0 Å². The molecular formula is C48H48N6O5. The van der Waals surface area contributed by atoms with Crippen molar-refractivity contribution >= 4 is 23.3 Å². The highest BCUT2D eigenvalue weighted by Gasteiger charge is 2.31. The predicted molar refractivity (Wildman–Crippen MR) is 228 cm³/mol. The largest absolute Gasteiger partial charge is 0.477 e. The Balaban J connectivity index is 0.000000144. The molecule has 0 radical (unpaired) electrons. The highest BCUT2D eigenvalue weighted by atomic mass is 16.4. The zero-order chi connectivity index (χ0) is 40.9. The highest BCUT2D eigenvalue weighted by molar-refractivity contribution is 6.03. The Kier molecular flexibility index (Phi) is 11.6. The van der Waals surface area contributed by atoms with Gasteiger partial charge in [0, 0.05) is 48.6 Å². The SMILES string of the molecule is Nc1ccncc1.O=C(Nc1ccncc1)c1cccn(C2CCc3c(CC4CC4)cccc32)c1=O.O=C(O)c1cccn(C2CCc3c(CC4CC4)cccc32)c1=O. The molecule has 0 spiro atoms. The number of pyridine rings is 4. The summed E-state index contributed by atoms with van der Waals surface area (Å²) in [4.78, 5) is 57.2. The summed E-state index contributed by atoms with van der Waals surface area (Å²) in [7, 11) is 0. The molecule has 4 aliphatic rings. The van der Waals surface area contributed by atoms with Gasteiger partial charge in [-0.1, -0.05) is 36.4 Å². The molecule has 2 aromatic carbocycles. The predicted octanol–water partition coefficient (Wildman–Crippen LogP) is 7.68. The minimum atomic E-state index is -1.16. The number of rotatable bonds is 9. The Morgan fingerprint density at radius 1 is 0.627 bits per heavy atom. The monoisotopic (exact) mass is 788 g/mol. The number of nitrogen functional groups attached to an aromatic ring is 1. The summed E-state index contributed by atoms with van der Waals surface area (Å²) >= 11 is 0. The first kappa shape index (κ1) is 39.2. The zero-order valence-corrected chi connectivity index (χ0v) is 32.9. The molecule has 4 aromatic heterocycles. The molecule has 4 heterocycles. The Morgan fingerprint density at radius 2 is 1.10 bits per heavy atom. The lowest BCUT2D eigenvalue weighted by atomic mass is 9.98. The first-order chi connectivity index (χ1) is 28.7. The number of benzene rings is 2. The Hall–Kier alpha value is -6.62. The normalized spacial score (nSPS) is 17.4. The van der Waals surface area contributed by atoms with E-state index >= 15 is 0 Å². The molecule has 0 saturated heterocycles. The standard InChI is InChI=1S/C24H23N3O2.C19H19NO3.C5H6N2/c28-23(26-18-10-12-25-13-11-18)21-5-2-14-27(24(21)29)22-9-8-19-17(15-16-6-7-16)3-1-4-20(19)22;21-18-16(19(22)23)5-2-10-20(18)17-9-8-14-13(11-12-6-7-12)3-1-4-15(14)17;6-5-1-3-7-4-2-5/h1-5,10-14,16,22H,6-9,15H2,(H,25,26,28);1-5,10,12,17H,6-9,11H2,(H,22,23);1-4H,(H2,6,7).